The third-order valence-corrected chi connectivity index (χ3v) is 4.37. The van der Waals surface area contributed by atoms with E-state index in [1.165, 1.54) is 0 Å². The van der Waals surface area contributed by atoms with Gasteiger partial charge >= 0.3 is 0 Å². The molecule has 132 valence electrons. The molecule has 4 rings (SSSR count). The molecule has 26 heavy (non-hydrogen) atoms. The summed E-state index contributed by atoms with van der Waals surface area (Å²) in [5.41, 5.74) is 4.04. The van der Waals surface area contributed by atoms with Crippen LogP contribution in [-0.2, 0) is 6.42 Å². The summed E-state index contributed by atoms with van der Waals surface area (Å²) in [6, 6.07) is 14.2. The first kappa shape index (κ1) is 16.3. The first-order valence-electron chi connectivity index (χ1n) is 8.56. The Hall–Kier alpha value is -3.15. The van der Waals surface area contributed by atoms with E-state index in [0.717, 1.165) is 27.9 Å². The van der Waals surface area contributed by atoms with Crippen molar-refractivity contribution in [3.05, 3.63) is 60.2 Å². The zero-order chi connectivity index (χ0) is 18.1. The van der Waals surface area contributed by atoms with Crippen LogP contribution < -0.4 is 4.74 Å². The summed E-state index contributed by atoms with van der Waals surface area (Å²) < 4.78 is 12.7. The van der Waals surface area contributed by atoms with E-state index in [4.69, 9.17) is 9.26 Å². The zero-order valence-corrected chi connectivity index (χ0v) is 15.0. The maximum absolute atomic E-state index is 5.44. The fourth-order valence-electron chi connectivity index (χ4n) is 2.94. The fraction of sp³-hybridized carbons (Fsp3) is 0.250. The first-order chi connectivity index (χ1) is 12.6. The van der Waals surface area contributed by atoms with Gasteiger partial charge in [0.15, 0.2) is 0 Å². The highest BCUT2D eigenvalue weighted by molar-refractivity contribution is 5.80. The molecule has 2 aromatic carbocycles. The highest BCUT2D eigenvalue weighted by Gasteiger charge is 2.12. The van der Waals surface area contributed by atoms with Gasteiger partial charge in [-0.1, -0.05) is 17.3 Å². The average Bonchev–Trinajstić information content (AvgIpc) is 3.28. The molecule has 6 heteroatoms. The molecule has 0 saturated heterocycles. The third-order valence-electron chi connectivity index (χ3n) is 4.37. The quantitative estimate of drug-likeness (QED) is 0.539. The predicted octanol–water partition coefficient (Wildman–Crippen LogP) is 4.27. The predicted molar refractivity (Wildman–Crippen MR) is 99.2 cm³/mol. The van der Waals surface area contributed by atoms with Gasteiger partial charge < -0.3 is 13.8 Å². The summed E-state index contributed by atoms with van der Waals surface area (Å²) in [5.74, 6) is 2.00. The molecule has 0 saturated carbocycles. The molecule has 0 aliphatic carbocycles. The number of hydrogen-bond acceptors (Lipinski definition) is 5. The van der Waals surface area contributed by atoms with Gasteiger partial charge in [0.25, 0.3) is 0 Å². The monoisotopic (exact) mass is 348 g/mol. The maximum Gasteiger partial charge on any atom is 0.231 e. The van der Waals surface area contributed by atoms with E-state index in [1.807, 2.05) is 42.7 Å². The molecule has 0 atom stereocenters. The second-order valence-corrected chi connectivity index (χ2v) is 6.49. The molecule has 0 aliphatic rings. The highest BCUT2D eigenvalue weighted by atomic mass is 16.5. The lowest BCUT2D eigenvalue weighted by Crippen LogP contribution is -1.98. The second kappa shape index (κ2) is 6.63. The summed E-state index contributed by atoms with van der Waals surface area (Å²) in [4.78, 5) is 8.98. The van der Waals surface area contributed by atoms with Crippen LogP contribution in [0.5, 0.6) is 5.75 Å². The average molecular weight is 348 g/mol. The molecule has 6 nitrogen and oxygen atoms in total. The third kappa shape index (κ3) is 3.06. The topological polar surface area (TPSA) is 66.0 Å². The summed E-state index contributed by atoms with van der Waals surface area (Å²) in [5, 5.41) is 4.14. The van der Waals surface area contributed by atoms with Gasteiger partial charge in [0.1, 0.15) is 5.75 Å². The molecule has 4 aromatic rings. The van der Waals surface area contributed by atoms with E-state index in [1.54, 1.807) is 7.11 Å². The number of nitrogens with zero attached hydrogens (tertiary/aromatic N) is 4. The Kier molecular flexibility index (Phi) is 4.16. The molecule has 0 amide bonds. The van der Waals surface area contributed by atoms with Crippen LogP contribution in [-0.4, -0.2) is 26.8 Å². The Morgan fingerprint density at radius 1 is 1.12 bits per heavy atom. The van der Waals surface area contributed by atoms with Gasteiger partial charge in [-0.15, -0.1) is 0 Å². The van der Waals surface area contributed by atoms with Gasteiger partial charge in [-0.25, -0.2) is 4.98 Å². The first-order valence-corrected chi connectivity index (χ1v) is 8.56. The second-order valence-electron chi connectivity index (χ2n) is 6.49. The zero-order valence-electron chi connectivity index (χ0n) is 15.0. The Morgan fingerprint density at radius 2 is 1.92 bits per heavy atom. The molecule has 2 heterocycles. The van der Waals surface area contributed by atoms with Crippen molar-refractivity contribution in [3.8, 4) is 17.1 Å². The molecular formula is C20H20N4O2. The van der Waals surface area contributed by atoms with Gasteiger partial charge in [-0.05, 0) is 49.7 Å². The minimum atomic E-state index is 0.339. The molecule has 2 aromatic heterocycles. The largest absolute Gasteiger partial charge is 0.497 e. The van der Waals surface area contributed by atoms with Gasteiger partial charge in [-0.2, -0.15) is 4.98 Å². The lowest BCUT2D eigenvalue weighted by atomic mass is 10.1. The molecule has 0 radical (unpaired) electrons. The number of fused-ring (bicyclic) bond motifs is 1. The van der Waals surface area contributed by atoms with Crippen LogP contribution >= 0.6 is 0 Å². The van der Waals surface area contributed by atoms with E-state index in [2.05, 4.69) is 39.6 Å². The molecule has 0 spiro atoms. The Bertz CT molecular complexity index is 1030. The van der Waals surface area contributed by atoms with Crippen LogP contribution in [0.15, 0.2) is 53.3 Å². The lowest BCUT2D eigenvalue weighted by molar-refractivity contribution is 0.385. The summed E-state index contributed by atoms with van der Waals surface area (Å²) >= 11 is 0. The molecule has 0 bridgehead atoms. The van der Waals surface area contributed by atoms with Crippen LogP contribution in [0.3, 0.4) is 0 Å². The van der Waals surface area contributed by atoms with Crippen molar-refractivity contribution in [2.24, 2.45) is 0 Å². The van der Waals surface area contributed by atoms with Gasteiger partial charge in [0, 0.05) is 11.6 Å². The smallest absolute Gasteiger partial charge is 0.231 e. The van der Waals surface area contributed by atoms with Gasteiger partial charge in [-0.3, -0.25) is 0 Å². The van der Waals surface area contributed by atoms with Crippen LogP contribution in [0.2, 0.25) is 0 Å². The SMILES string of the molecule is COc1ccc(Cc2nc(-c3ccc4ncn(C(C)C)c4c3)no2)cc1. The number of benzene rings is 2. The van der Waals surface area contributed by atoms with Crippen molar-refractivity contribution in [2.75, 3.05) is 7.11 Å². The van der Waals surface area contributed by atoms with Crippen LogP contribution in [0.25, 0.3) is 22.4 Å². The van der Waals surface area contributed by atoms with Crippen LogP contribution in [0.4, 0.5) is 0 Å². The summed E-state index contributed by atoms with van der Waals surface area (Å²) in [7, 11) is 1.65. The van der Waals surface area contributed by atoms with Gasteiger partial charge in [0.2, 0.25) is 11.7 Å². The number of hydrogen-bond donors (Lipinski definition) is 0. The molecule has 0 N–H and O–H groups in total. The Morgan fingerprint density at radius 3 is 2.65 bits per heavy atom. The highest BCUT2D eigenvalue weighted by Crippen LogP contribution is 2.24. The minimum absolute atomic E-state index is 0.339. The Labute approximate surface area is 151 Å². The van der Waals surface area contributed by atoms with Crippen molar-refractivity contribution in [1.29, 1.82) is 0 Å². The van der Waals surface area contributed by atoms with E-state index in [0.29, 0.717) is 24.2 Å². The number of rotatable bonds is 5. The Balaban J connectivity index is 1.60. The molecule has 0 fully saturated rings. The molecule has 0 aliphatic heterocycles. The van der Waals surface area contributed by atoms with E-state index >= 15 is 0 Å². The van der Waals surface area contributed by atoms with Gasteiger partial charge in [0.05, 0.1) is 30.9 Å². The van der Waals surface area contributed by atoms with Crippen LogP contribution in [0.1, 0.15) is 31.3 Å². The summed E-state index contributed by atoms with van der Waals surface area (Å²) in [6.07, 6.45) is 2.45. The van der Waals surface area contributed by atoms with Crippen LogP contribution in [0, 0.1) is 0 Å². The number of methoxy groups -OCH3 is 1. The number of imidazole rings is 1. The number of aromatic nitrogens is 4. The van der Waals surface area contributed by atoms with Crippen molar-refractivity contribution < 1.29 is 9.26 Å². The van der Waals surface area contributed by atoms with Crippen molar-refractivity contribution >= 4 is 11.0 Å². The van der Waals surface area contributed by atoms with Crippen molar-refractivity contribution in [2.45, 2.75) is 26.3 Å². The molecular weight excluding hydrogens is 328 g/mol. The summed E-state index contributed by atoms with van der Waals surface area (Å²) in [6.45, 7) is 4.27. The van der Waals surface area contributed by atoms with Crippen molar-refractivity contribution in [1.82, 2.24) is 19.7 Å². The lowest BCUT2D eigenvalue weighted by Gasteiger charge is -2.07. The number of ether oxygens (including phenoxy) is 1. The standard InChI is InChI=1S/C20H20N4O2/c1-13(2)24-12-21-17-9-6-15(11-18(17)24)20-22-19(26-23-20)10-14-4-7-16(25-3)8-5-14/h4-9,11-13H,10H2,1-3H3. The molecule has 0 unspecified atom stereocenters. The normalized spacial score (nSPS) is 11.4. The van der Waals surface area contributed by atoms with E-state index < -0.39 is 0 Å². The van der Waals surface area contributed by atoms with E-state index in [-0.39, 0.29) is 0 Å². The maximum atomic E-state index is 5.44. The minimum Gasteiger partial charge on any atom is -0.497 e. The fourth-order valence-corrected chi connectivity index (χ4v) is 2.94. The van der Waals surface area contributed by atoms with Crippen molar-refractivity contribution in [3.63, 3.8) is 0 Å². The van der Waals surface area contributed by atoms with E-state index in [9.17, 15) is 0 Å².